The molecular weight excluding hydrogens is 472 g/mol. The third-order valence-corrected chi connectivity index (χ3v) is 7.44. The van der Waals surface area contributed by atoms with Gasteiger partial charge in [0.15, 0.2) is 0 Å². The van der Waals surface area contributed by atoms with Crippen molar-refractivity contribution in [2.45, 2.75) is 70.5 Å². The Kier molecular flexibility index (Phi) is 8.32. The molecule has 0 saturated heterocycles. The van der Waals surface area contributed by atoms with Gasteiger partial charge in [0.2, 0.25) is 0 Å². The number of rotatable bonds is 8. The molecule has 2 atom stereocenters. The third kappa shape index (κ3) is 6.45. The van der Waals surface area contributed by atoms with Crippen LogP contribution in [0.1, 0.15) is 62.5 Å². The molecule has 0 N–H and O–H groups in total. The number of halogens is 4. The van der Waals surface area contributed by atoms with Crippen LogP contribution in [-0.4, -0.2) is 16.7 Å². The van der Waals surface area contributed by atoms with Crippen molar-refractivity contribution in [2.75, 3.05) is 7.11 Å². The summed E-state index contributed by atoms with van der Waals surface area (Å²) in [4.78, 5) is 16.8. The van der Waals surface area contributed by atoms with Gasteiger partial charge >= 0.3 is 6.18 Å². The highest BCUT2D eigenvalue weighted by atomic mass is 19.4. The zero-order chi connectivity index (χ0) is 25.7. The lowest BCUT2D eigenvalue weighted by molar-refractivity contribution is -0.140. The van der Waals surface area contributed by atoms with E-state index in [2.05, 4.69) is 4.98 Å². The Morgan fingerprint density at radius 3 is 2.47 bits per heavy atom. The van der Waals surface area contributed by atoms with Crippen molar-refractivity contribution >= 4 is 11.0 Å². The predicted molar refractivity (Wildman–Crippen MR) is 132 cm³/mol. The molecule has 1 heterocycles. The van der Waals surface area contributed by atoms with Crippen molar-refractivity contribution in [3.05, 3.63) is 69.9 Å². The summed E-state index contributed by atoms with van der Waals surface area (Å²) in [6.45, 7) is 0.639. The summed E-state index contributed by atoms with van der Waals surface area (Å²) in [5, 5.41) is 0. The molecule has 1 saturated carbocycles. The summed E-state index contributed by atoms with van der Waals surface area (Å²) >= 11 is 0. The molecule has 0 spiro atoms. The fraction of sp³-hybridized carbons (Fsp3) is 0.500. The standard InChI is InChI=1S/C28H32F4N2O2/c1-36-22-11-13-25-26(17-22)34(27(35)18-33-25)15-14-20-6-2-4-19(8-9-20)5-3-7-21-10-12-23(24(29)16-21)28(30,31)32/h10-13,16-20H,2-9,14-15H2,1H3. The molecule has 36 heavy (non-hydrogen) atoms. The fourth-order valence-electron chi connectivity index (χ4n) is 5.38. The maximum absolute atomic E-state index is 13.8. The first kappa shape index (κ1) is 26.2. The van der Waals surface area contributed by atoms with Gasteiger partial charge in [-0.1, -0.05) is 44.6 Å². The highest BCUT2D eigenvalue weighted by Crippen LogP contribution is 2.34. The Hall–Kier alpha value is -2.90. The fourth-order valence-corrected chi connectivity index (χ4v) is 5.38. The molecule has 0 bridgehead atoms. The molecule has 0 amide bonds. The number of hydrogen-bond donors (Lipinski definition) is 0. The average Bonchev–Trinajstić information content (AvgIpc) is 3.07. The van der Waals surface area contributed by atoms with E-state index in [-0.39, 0.29) is 5.56 Å². The minimum absolute atomic E-state index is 0.109. The van der Waals surface area contributed by atoms with E-state index in [4.69, 9.17) is 4.74 Å². The van der Waals surface area contributed by atoms with Crippen LogP contribution in [0, 0.1) is 17.7 Å². The van der Waals surface area contributed by atoms with Crippen molar-refractivity contribution in [3.63, 3.8) is 0 Å². The highest BCUT2D eigenvalue weighted by Gasteiger charge is 2.33. The first-order valence-corrected chi connectivity index (χ1v) is 12.6. The number of fused-ring (bicyclic) bond motifs is 1. The van der Waals surface area contributed by atoms with Crippen molar-refractivity contribution in [3.8, 4) is 5.75 Å². The zero-order valence-corrected chi connectivity index (χ0v) is 20.5. The van der Waals surface area contributed by atoms with Crippen molar-refractivity contribution in [1.82, 2.24) is 9.55 Å². The zero-order valence-electron chi connectivity index (χ0n) is 20.5. The van der Waals surface area contributed by atoms with Gasteiger partial charge < -0.3 is 9.30 Å². The van der Waals surface area contributed by atoms with Crippen LogP contribution < -0.4 is 10.3 Å². The maximum atomic E-state index is 13.8. The van der Waals surface area contributed by atoms with Crippen LogP contribution in [0.2, 0.25) is 0 Å². The van der Waals surface area contributed by atoms with E-state index in [0.29, 0.717) is 36.1 Å². The Labute approximate surface area is 208 Å². The summed E-state index contributed by atoms with van der Waals surface area (Å²) in [6, 6.07) is 8.80. The molecule has 8 heteroatoms. The molecule has 2 unspecified atom stereocenters. The number of methoxy groups -OCH3 is 1. The molecule has 3 aromatic rings. The molecule has 1 aromatic heterocycles. The van der Waals surface area contributed by atoms with Crippen LogP contribution >= 0.6 is 0 Å². The van der Waals surface area contributed by atoms with Crippen LogP contribution in [0.4, 0.5) is 17.6 Å². The monoisotopic (exact) mass is 504 g/mol. The quantitative estimate of drug-likeness (QED) is 0.241. The number of aromatic nitrogens is 2. The number of nitrogens with zero attached hydrogens (tertiary/aromatic N) is 2. The summed E-state index contributed by atoms with van der Waals surface area (Å²) < 4.78 is 59.2. The summed E-state index contributed by atoms with van der Waals surface area (Å²) in [7, 11) is 1.60. The van der Waals surface area contributed by atoms with E-state index in [0.717, 1.165) is 74.5 Å². The van der Waals surface area contributed by atoms with Crippen LogP contribution in [0.5, 0.6) is 5.75 Å². The number of alkyl halides is 3. The van der Waals surface area contributed by atoms with Crippen molar-refractivity contribution < 1.29 is 22.3 Å². The van der Waals surface area contributed by atoms with Gasteiger partial charge in [0, 0.05) is 12.6 Å². The normalized spacial score (nSPS) is 18.8. The number of hydrogen-bond acceptors (Lipinski definition) is 3. The number of ether oxygens (including phenoxy) is 1. The SMILES string of the molecule is COc1ccc2ncc(=O)n(CCC3CCCC(CCCc4ccc(C(F)(F)F)c(F)c4)CC3)c2c1. The average molecular weight is 505 g/mol. The topological polar surface area (TPSA) is 44.1 Å². The second-order valence-electron chi connectivity index (χ2n) is 9.84. The molecule has 1 aliphatic rings. The number of aryl methyl sites for hydroxylation is 2. The number of benzene rings is 2. The van der Waals surface area contributed by atoms with Gasteiger partial charge in [0.1, 0.15) is 11.6 Å². The summed E-state index contributed by atoms with van der Waals surface area (Å²) in [5.74, 6) is 0.611. The molecule has 194 valence electrons. The Bertz CT molecular complexity index is 1240. The van der Waals surface area contributed by atoms with Gasteiger partial charge in [0.05, 0.1) is 29.9 Å². The van der Waals surface area contributed by atoms with Gasteiger partial charge in [0.25, 0.3) is 5.56 Å². The van der Waals surface area contributed by atoms with Gasteiger partial charge in [-0.25, -0.2) is 9.37 Å². The van der Waals surface area contributed by atoms with Crippen LogP contribution in [0.3, 0.4) is 0 Å². The van der Waals surface area contributed by atoms with Crippen LogP contribution in [0.25, 0.3) is 11.0 Å². The summed E-state index contributed by atoms with van der Waals surface area (Å²) in [6.07, 6.45) is 5.63. The molecule has 0 radical (unpaired) electrons. The van der Waals surface area contributed by atoms with Crippen molar-refractivity contribution in [1.29, 1.82) is 0 Å². The largest absolute Gasteiger partial charge is 0.497 e. The lowest BCUT2D eigenvalue weighted by atomic mass is 9.91. The second-order valence-corrected chi connectivity index (χ2v) is 9.84. The Morgan fingerprint density at radius 2 is 1.78 bits per heavy atom. The van der Waals surface area contributed by atoms with Crippen LogP contribution in [-0.2, 0) is 19.1 Å². The second kappa shape index (κ2) is 11.4. The molecule has 2 aromatic carbocycles. The Balaban J connectivity index is 1.28. The van der Waals surface area contributed by atoms with Gasteiger partial charge in [-0.05, 0) is 60.9 Å². The van der Waals surface area contributed by atoms with E-state index in [9.17, 15) is 22.4 Å². The molecule has 4 rings (SSSR count). The Morgan fingerprint density at radius 1 is 1.03 bits per heavy atom. The van der Waals surface area contributed by atoms with Gasteiger partial charge in [-0.15, -0.1) is 0 Å². The minimum Gasteiger partial charge on any atom is -0.497 e. The lowest BCUT2D eigenvalue weighted by Gasteiger charge is -2.17. The molecular formula is C28H32F4N2O2. The first-order chi connectivity index (χ1) is 17.2. The van der Waals surface area contributed by atoms with E-state index < -0.39 is 17.6 Å². The first-order valence-electron chi connectivity index (χ1n) is 12.6. The predicted octanol–water partition coefficient (Wildman–Crippen LogP) is 7.17. The molecule has 4 nitrogen and oxygen atoms in total. The van der Waals surface area contributed by atoms with E-state index >= 15 is 0 Å². The van der Waals surface area contributed by atoms with E-state index in [1.807, 2.05) is 18.2 Å². The molecule has 1 fully saturated rings. The van der Waals surface area contributed by atoms with E-state index in [1.165, 1.54) is 12.3 Å². The molecule has 1 aliphatic carbocycles. The van der Waals surface area contributed by atoms with E-state index in [1.54, 1.807) is 11.7 Å². The summed E-state index contributed by atoms with van der Waals surface area (Å²) in [5.41, 5.74) is 0.847. The molecule has 0 aliphatic heterocycles. The lowest BCUT2D eigenvalue weighted by Crippen LogP contribution is -2.22. The maximum Gasteiger partial charge on any atom is 0.419 e. The minimum atomic E-state index is -4.66. The third-order valence-electron chi connectivity index (χ3n) is 7.44. The van der Waals surface area contributed by atoms with Gasteiger partial charge in [-0.2, -0.15) is 13.2 Å². The van der Waals surface area contributed by atoms with Crippen LogP contribution in [0.15, 0.2) is 47.4 Å². The highest BCUT2D eigenvalue weighted by molar-refractivity contribution is 5.76. The van der Waals surface area contributed by atoms with Gasteiger partial charge in [-0.3, -0.25) is 4.79 Å². The smallest absolute Gasteiger partial charge is 0.419 e. The van der Waals surface area contributed by atoms with Crippen molar-refractivity contribution in [2.24, 2.45) is 11.8 Å².